The molecule has 2 heterocycles. The number of nitrogen functional groups attached to an aromatic ring is 1. The highest BCUT2D eigenvalue weighted by Crippen LogP contribution is 2.32. The van der Waals surface area contributed by atoms with E-state index in [9.17, 15) is 0 Å². The van der Waals surface area contributed by atoms with E-state index < -0.39 is 0 Å². The molecule has 0 radical (unpaired) electrons. The third-order valence-corrected chi connectivity index (χ3v) is 3.62. The molecule has 0 aliphatic heterocycles. The Hall–Kier alpha value is -2.18. The molecule has 3 N–H and O–H groups in total. The first-order valence-corrected chi connectivity index (χ1v) is 6.98. The number of anilines is 1. The van der Waals surface area contributed by atoms with Crippen LogP contribution in [0, 0.1) is 0 Å². The molecule has 0 fully saturated rings. The average Bonchev–Trinajstić information content (AvgIpc) is 2.99. The van der Waals surface area contributed by atoms with Crippen LogP contribution >= 0.6 is 11.3 Å². The summed E-state index contributed by atoms with van der Waals surface area (Å²) in [4.78, 5) is 9.63. The van der Waals surface area contributed by atoms with E-state index in [1.54, 1.807) is 11.7 Å². The molecule has 0 bridgehead atoms. The predicted octanol–water partition coefficient (Wildman–Crippen LogP) is 2.31. The number of aromatic nitrogens is 2. The van der Waals surface area contributed by atoms with Crippen LogP contribution in [0.5, 0.6) is 5.75 Å². The number of thiazole rings is 1. The van der Waals surface area contributed by atoms with E-state index in [-0.39, 0.29) is 13.2 Å². The number of nitrogens with zero attached hydrogens (tertiary/aromatic N) is 2. The summed E-state index contributed by atoms with van der Waals surface area (Å²) in [5.74, 6) is 0.666. The van der Waals surface area contributed by atoms with Gasteiger partial charge in [-0.3, -0.25) is 4.98 Å². The van der Waals surface area contributed by atoms with Gasteiger partial charge in [0.05, 0.1) is 28.2 Å². The highest BCUT2D eigenvalue weighted by molar-refractivity contribution is 7.13. The van der Waals surface area contributed by atoms with Crippen molar-refractivity contribution in [3.8, 4) is 16.3 Å². The SMILES string of the molecule is Nc1ccc2nc(-c3cncs3)cc(OCCO)c2c1. The summed E-state index contributed by atoms with van der Waals surface area (Å²) in [7, 11) is 0. The zero-order valence-electron chi connectivity index (χ0n) is 10.6. The molecule has 0 unspecified atom stereocenters. The first kappa shape index (κ1) is 12.8. The number of fused-ring (bicyclic) bond motifs is 1. The van der Waals surface area contributed by atoms with Gasteiger partial charge in [-0.05, 0) is 18.2 Å². The largest absolute Gasteiger partial charge is 0.490 e. The van der Waals surface area contributed by atoms with E-state index in [1.807, 2.05) is 24.3 Å². The van der Waals surface area contributed by atoms with Crippen molar-refractivity contribution in [3.05, 3.63) is 36.0 Å². The molecule has 0 saturated carbocycles. The first-order valence-electron chi connectivity index (χ1n) is 6.11. The fourth-order valence-electron chi connectivity index (χ4n) is 1.96. The van der Waals surface area contributed by atoms with Gasteiger partial charge in [0.2, 0.25) is 0 Å². The van der Waals surface area contributed by atoms with E-state index in [4.69, 9.17) is 15.6 Å². The lowest BCUT2D eigenvalue weighted by atomic mass is 10.1. The molecule has 0 saturated heterocycles. The molecule has 102 valence electrons. The lowest BCUT2D eigenvalue weighted by molar-refractivity contribution is 0.203. The summed E-state index contributed by atoms with van der Waals surface area (Å²) < 4.78 is 5.60. The van der Waals surface area contributed by atoms with Gasteiger partial charge in [-0.25, -0.2) is 4.98 Å². The molecule has 3 rings (SSSR count). The van der Waals surface area contributed by atoms with Crippen LogP contribution in [0.25, 0.3) is 21.5 Å². The predicted molar refractivity (Wildman–Crippen MR) is 79.8 cm³/mol. The van der Waals surface area contributed by atoms with E-state index >= 15 is 0 Å². The quantitative estimate of drug-likeness (QED) is 0.720. The standard InChI is InChI=1S/C14H13N3O2S/c15-9-1-2-11-10(5-9)13(19-4-3-18)6-12(17-11)14-7-16-8-20-14/h1-2,5-8,18H,3-4,15H2. The molecule has 6 heteroatoms. The lowest BCUT2D eigenvalue weighted by Crippen LogP contribution is -2.03. The minimum atomic E-state index is -0.0397. The summed E-state index contributed by atoms with van der Waals surface area (Å²) in [6, 6.07) is 7.35. The maximum atomic E-state index is 8.93. The van der Waals surface area contributed by atoms with Gasteiger partial charge in [0.1, 0.15) is 12.4 Å². The Labute approximate surface area is 119 Å². The second-order valence-electron chi connectivity index (χ2n) is 4.22. The summed E-state index contributed by atoms with van der Waals surface area (Å²) >= 11 is 1.52. The third kappa shape index (κ3) is 2.43. The molecule has 0 spiro atoms. The second kappa shape index (κ2) is 5.44. The number of pyridine rings is 1. The van der Waals surface area contributed by atoms with E-state index in [0.717, 1.165) is 21.5 Å². The fourth-order valence-corrected chi connectivity index (χ4v) is 2.54. The molecular weight excluding hydrogens is 274 g/mol. The minimum Gasteiger partial charge on any atom is -0.490 e. The van der Waals surface area contributed by atoms with Crippen molar-refractivity contribution in [2.45, 2.75) is 0 Å². The number of rotatable bonds is 4. The van der Waals surface area contributed by atoms with E-state index in [0.29, 0.717) is 11.4 Å². The first-order chi connectivity index (χ1) is 9.78. The zero-order chi connectivity index (χ0) is 13.9. The Morgan fingerprint density at radius 2 is 2.20 bits per heavy atom. The van der Waals surface area contributed by atoms with Crippen LogP contribution in [0.4, 0.5) is 5.69 Å². The molecule has 2 aromatic heterocycles. The number of aliphatic hydroxyl groups excluding tert-OH is 1. The van der Waals surface area contributed by atoms with Crippen molar-refractivity contribution < 1.29 is 9.84 Å². The summed E-state index contributed by atoms with van der Waals surface area (Å²) in [6.07, 6.45) is 1.77. The summed E-state index contributed by atoms with van der Waals surface area (Å²) in [6.45, 7) is 0.193. The monoisotopic (exact) mass is 287 g/mol. The van der Waals surface area contributed by atoms with Gasteiger partial charge in [-0.2, -0.15) is 0 Å². The van der Waals surface area contributed by atoms with E-state index in [1.165, 1.54) is 11.3 Å². The van der Waals surface area contributed by atoms with Crippen molar-refractivity contribution in [1.82, 2.24) is 9.97 Å². The van der Waals surface area contributed by atoms with Gasteiger partial charge in [-0.15, -0.1) is 11.3 Å². The molecule has 0 atom stereocenters. The maximum absolute atomic E-state index is 8.93. The Morgan fingerprint density at radius 1 is 1.30 bits per heavy atom. The number of ether oxygens (including phenoxy) is 1. The highest BCUT2D eigenvalue weighted by Gasteiger charge is 2.10. The van der Waals surface area contributed by atoms with Gasteiger partial charge < -0.3 is 15.6 Å². The summed E-state index contributed by atoms with van der Waals surface area (Å²) in [5, 5.41) is 9.77. The molecular formula is C14H13N3O2S. The van der Waals surface area contributed by atoms with Crippen molar-refractivity contribution in [2.24, 2.45) is 0 Å². The number of benzene rings is 1. The molecule has 0 amide bonds. The van der Waals surface area contributed by atoms with Crippen LogP contribution in [-0.4, -0.2) is 28.3 Å². The van der Waals surface area contributed by atoms with Crippen molar-refractivity contribution in [1.29, 1.82) is 0 Å². The molecule has 1 aromatic carbocycles. The van der Waals surface area contributed by atoms with Crippen LogP contribution in [-0.2, 0) is 0 Å². The number of hydrogen-bond acceptors (Lipinski definition) is 6. The molecule has 20 heavy (non-hydrogen) atoms. The summed E-state index contributed by atoms with van der Waals surface area (Å²) in [5.41, 5.74) is 9.83. The Balaban J connectivity index is 2.17. The fraction of sp³-hybridized carbons (Fsp3) is 0.143. The highest BCUT2D eigenvalue weighted by atomic mass is 32.1. The van der Waals surface area contributed by atoms with Gasteiger partial charge in [-0.1, -0.05) is 0 Å². The second-order valence-corrected chi connectivity index (χ2v) is 5.11. The topological polar surface area (TPSA) is 81.3 Å². The normalized spacial score (nSPS) is 10.8. The Morgan fingerprint density at radius 3 is 2.95 bits per heavy atom. The van der Waals surface area contributed by atoms with Crippen LogP contribution in [0.15, 0.2) is 36.0 Å². The van der Waals surface area contributed by atoms with Crippen molar-refractivity contribution in [3.63, 3.8) is 0 Å². The Bertz CT molecular complexity index is 729. The third-order valence-electron chi connectivity index (χ3n) is 2.83. The number of nitrogens with two attached hydrogens (primary N) is 1. The van der Waals surface area contributed by atoms with E-state index in [2.05, 4.69) is 9.97 Å². The molecule has 0 aliphatic carbocycles. The number of aliphatic hydroxyl groups is 1. The van der Waals surface area contributed by atoms with Gasteiger partial charge in [0.15, 0.2) is 0 Å². The van der Waals surface area contributed by atoms with Gasteiger partial charge in [0.25, 0.3) is 0 Å². The lowest BCUT2D eigenvalue weighted by Gasteiger charge is -2.10. The average molecular weight is 287 g/mol. The molecule has 5 nitrogen and oxygen atoms in total. The van der Waals surface area contributed by atoms with Crippen LogP contribution in [0.1, 0.15) is 0 Å². The maximum Gasteiger partial charge on any atom is 0.131 e. The molecule has 0 aliphatic rings. The number of hydrogen-bond donors (Lipinski definition) is 2. The van der Waals surface area contributed by atoms with Crippen molar-refractivity contribution >= 4 is 27.9 Å². The van der Waals surface area contributed by atoms with Crippen molar-refractivity contribution in [2.75, 3.05) is 18.9 Å². The van der Waals surface area contributed by atoms with Gasteiger partial charge in [0, 0.05) is 23.3 Å². The molecule has 3 aromatic rings. The minimum absolute atomic E-state index is 0.0397. The zero-order valence-corrected chi connectivity index (χ0v) is 11.4. The van der Waals surface area contributed by atoms with Crippen LogP contribution in [0.2, 0.25) is 0 Å². The Kier molecular flexibility index (Phi) is 3.49. The smallest absolute Gasteiger partial charge is 0.131 e. The van der Waals surface area contributed by atoms with Gasteiger partial charge >= 0.3 is 0 Å². The van der Waals surface area contributed by atoms with Crippen LogP contribution < -0.4 is 10.5 Å². The van der Waals surface area contributed by atoms with Crippen LogP contribution in [0.3, 0.4) is 0 Å².